The molecule has 0 saturated heterocycles. The highest BCUT2D eigenvalue weighted by Crippen LogP contribution is 2.38. The maximum absolute atomic E-state index is 11.1. The maximum atomic E-state index is 11.1. The van der Waals surface area contributed by atoms with Crippen LogP contribution in [-0.2, 0) is 22.9 Å². The van der Waals surface area contributed by atoms with Crippen molar-refractivity contribution in [1.82, 2.24) is 0 Å². The van der Waals surface area contributed by atoms with Gasteiger partial charge in [0.1, 0.15) is 0 Å². The van der Waals surface area contributed by atoms with Gasteiger partial charge in [-0.1, -0.05) is 40.5 Å². The summed E-state index contributed by atoms with van der Waals surface area (Å²) in [5.74, 6) is 0. The normalized spacial score (nSPS) is 15.2. The maximum Gasteiger partial charge on any atom is 0.469 e. The van der Waals surface area contributed by atoms with Crippen molar-refractivity contribution in [2.75, 3.05) is 33.1 Å². The van der Waals surface area contributed by atoms with E-state index in [0.717, 1.165) is 71.0 Å². The lowest BCUT2D eigenvalue weighted by atomic mass is 9.83. The van der Waals surface area contributed by atoms with Gasteiger partial charge in [0.05, 0.1) is 13.2 Å². The van der Waals surface area contributed by atoms with Crippen LogP contribution in [0.1, 0.15) is 91.9 Å². The van der Waals surface area contributed by atoms with E-state index in [1.54, 1.807) is 0 Å². The number of hydrogen-bond acceptors (Lipinski definition) is 5. The van der Waals surface area contributed by atoms with Gasteiger partial charge in [-0.15, -0.1) is 0 Å². The van der Waals surface area contributed by atoms with E-state index in [2.05, 4.69) is 32.2 Å². The highest BCUT2D eigenvalue weighted by atomic mass is 31.2. The molecule has 0 aromatic carbocycles. The number of rotatable bonds is 20. The highest BCUT2D eigenvalue weighted by Gasteiger charge is 2.19. The fraction of sp³-hybridized carbons (Fsp3) is 1.00. The SMILES string of the molecule is CC(C)(CCCCOCCCCC(C)(C)CCCOP(=O)(O)O)CCCOP(C)(=O)O. The van der Waals surface area contributed by atoms with Gasteiger partial charge in [0.15, 0.2) is 0 Å². The van der Waals surface area contributed by atoms with E-state index in [1.807, 2.05) is 0 Å². The Balaban J connectivity index is 3.63. The Morgan fingerprint density at radius 1 is 0.613 bits per heavy atom. The van der Waals surface area contributed by atoms with Gasteiger partial charge in [-0.25, -0.2) is 4.57 Å². The van der Waals surface area contributed by atoms with E-state index >= 15 is 0 Å². The van der Waals surface area contributed by atoms with Crippen molar-refractivity contribution < 1.29 is 37.6 Å². The zero-order chi connectivity index (χ0) is 24.0. The molecule has 1 unspecified atom stereocenters. The van der Waals surface area contributed by atoms with Crippen molar-refractivity contribution in [2.24, 2.45) is 10.8 Å². The lowest BCUT2D eigenvalue weighted by Crippen LogP contribution is -2.13. The van der Waals surface area contributed by atoms with Crippen molar-refractivity contribution in [3.8, 4) is 0 Å². The number of unbranched alkanes of at least 4 members (excludes halogenated alkanes) is 2. The minimum atomic E-state index is -4.35. The smallest absolute Gasteiger partial charge is 0.381 e. The topological polar surface area (TPSA) is 123 Å². The van der Waals surface area contributed by atoms with Gasteiger partial charge in [-0.05, 0) is 62.2 Å². The molecule has 8 nitrogen and oxygen atoms in total. The molecule has 0 fully saturated rings. The zero-order valence-corrected chi connectivity index (χ0v) is 22.0. The van der Waals surface area contributed by atoms with Gasteiger partial charge >= 0.3 is 15.4 Å². The molecule has 0 aliphatic heterocycles. The van der Waals surface area contributed by atoms with Crippen molar-refractivity contribution >= 4 is 15.4 Å². The Morgan fingerprint density at radius 3 is 1.39 bits per heavy atom. The van der Waals surface area contributed by atoms with E-state index in [9.17, 15) is 9.13 Å². The van der Waals surface area contributed by atoms with Gasteiger partial charge in [0, 0.05) is 19.9 Å². The summed E-state index contributed by atoms with van der Waals surface area (Å²) in [6.45, 7) is 11.9. The van der Waals surface area contributed by atoms with E-state index in [0.29, 0.717) is 13.0 Å². The molecule has 188 valence electrons. The third kappa shape index (κ3) is 23.2. The summed E-state index contributed by atoms with van der Waals surface area (Å²) in [6.07, 6.45) is 9.62. The second-order valence-corrected chi connectivity index (χ2v) is 13.1. The molecule has 10 heteroatoms. The van der Waals surface area contributed by atoms with Gasteiger partial charge in [-0.3, -0.25) is 9.09 Å². The summed E-state index contributed by atoms with van der Waals surface area (Å²) in [5, 5.41) is 0. The summed E-state index contributed by atoms with van der Waals surface area (Å²) in [6, 6.07) is 0. The molecule has 0 spiro atoms. The molecule has 0 aliphatic carbocycles. The Kier molecular flexibility index (Phi) is 15.3. The van der Waals surface area contributed by atoms with Gasteiger partial charge in [0.25, 0.3) is 0 Å². The molecule has 0 rings (SSSR count). The first-order valence-electron chi connectivity index (χ1n) is 11.3. The first-order valence-corrected chi connectivity index (χ1v) is 14.9. The van der Waals surface area contributed by atoms with E-state index in [1.165, 1.54) is 6.66 Å². The third-order valence-corrected chi connectivity index (χ3v) is 6.55. The van der Waals surface area contributed by atoms with Crippen LogP contribution < -0.4 is 0 Å². The number of hydrogen-bond donors (Lipinski definition) is 3. The third-order valence-electron chi connectivity index (χ3n) is 5.37. The van der Waals surface area contributed by atoms with Crippen LogP contribution in [0, 0.1) is 10.8 Å². The van der Waals surface area contributed by atoms with Crippen molar-refractivity contribution in [3.63, 3.8) is 0 Å². The van der Waals surface area contributed by atoms with Gasteiger partial charge in [-0.2, -0.15) is 0 Å². The molecule has 0 saturated carbocycles. The zero-order valence-electron chi connectivity index (χ0n) is 20.2. The molecule has 0 aromatic rings. The fourth-order valence-electron chi connectivity index (χ4n) is 3.49. The predicted octanol–water partition coefficient (Wildman–Crippen LogP) is 5.90. The fourth-order valence-corrected chi connectivity index (χ4v) is 4.32. The Bertz CT molecular complexity index is 506. The molecular weight excluding hydrogens is 442 g/mol. The van der Waals surface area contributed by atoms with E-state index in [4.69, 9.17) is 23.9 Å². The molecule has 1 atom stereocenters. The lowest BCUT2D eigenvalue weighted by Gasteiger charge is -2.25. The quantitative estimate of drug-likeness (QED) is 0.143. The second-order valence-electron chi connectivity index (χ2n) is 10.0. The molecule has 3 N–H and O–H groups in total. The van der Waals surface area contributed by atoms with Crippen molar-refractivity contribution in [3.05, 3.63) is 0 Å². The summed E-state index contributed by atoms with van der Waals surface area (Å²) >= 11 is 0. The van der Waals surface area contributed by atoms with E-state index < -0.39 is 15.4 Å². The van der Waals surface area contributed by atoms with Crippen LogP contribution in [-0.4, -0.2) is 47.8 Å². The first-order chi connectivity index (χ1) is 14.1. The molecule has 0 radical (unpaired) electrons. The largest absolute Gasteiger partial charge is 0.469 e. The molecule has 0 heterocycles. The molecule has 0 aromatic heterocycles. The van der Waals surface area contributed by atoms with Gasteiger partial charge < -0.3 is 23.9 Å². The van der Waals surface area contributed by atoms with Crippen LogP contribution in [0.15, 0.2) is 0 Å². The van der Waals surface area contributed by atoms with Crippen LogP contribution in [0.3, 0.4) is 0 Å². The summed E-state index contributed by atoms with van der Waals surface area (Å²) in [4.78, 5) is 26.5. The van der Waals surface area contributed by atoms with Crippen LogP contribution in [0.4, 0.5) is 0 Å². The number of phosphoric acid groups is 1. The Morgan fingerprint density at radius 2 is 1.00 bits per heavy atom. The standard InChI is InChI=1S/C21H46O8P2/c1-20(2,14-10-18-28-30(5,22)23)12-6-8-16-27-17-9-7-13-21(3,4)15-11-19-29-31(24,25)26/h6-19H2,1-5H3,(H,22,23)(H2,24,25,26). The molecule has 0 bridgehead atoms. The molecule has 31 heavy (non-hydrogen) atoms. The predicted molar refractivity (Wildman–Crippen MR) is 124 cm³/mol. The highest BCUT2D eigenvalue weighted by molar-refractivity contribution is 7.51. The minimum absolute atomic E-state index is 0.0882. The minimum Gasteiger partial charge on any atom is -0.381 e. The Hall–Kier alpha value is 0.220. The van der Waals surface area contributed by atoms with E-state index in [-0.39, 0.29) is 17.4 Å². The average molecular weight is 489 g/mol. The average Bonchev–Trinajstić information content (AvgIpc) is 2.59. The second kappa shape index (κ2) is 15.2. The summed E-state index contributed by atoms with van der Waals surface area (Å²) in [7, 11) is -7.71. The number of phosphoric ester groups is 1. The van der Waals surface area contributed by atoms with Crippen molar-refractivity contribution in [2.45, 2.75) is 91.9 Å². The van der Waals surface area contributed by atoms with Gasteiger partial charge in [0.2, 0.25) is 0 Å². The first kappa shape index (κ1) is 31.2. The van der Waals surface area contributed by atoms with Crippen LogP contribution in [0.2, 0.25) is 0 Å². The Labute approximate surface area is 189 Å². The van der Waals surface area contributed by atoms with Crippen LogP contribution in [0.5, 0.6) is 0 Å². The monoisotopic (exact) mass is 488 g/mol. The van der Waals surface area contributed by atoms with Crippen LogP contribution >= 0.6 is 15.4 Å². The molecular formula is C21H46O8P2. The molecule has 0 amide bonds. The van der Waals surface area contributed by atoms with Crippen molar-refractivity contribution in [1.29, 1.82) is 0 Å². The number of ether oxygens (including phenoxy) is 1. The lowest BCUT2D eigenvalue weighted by molar-refractivity contribution is 0.118. The van der Waals surface area contributed by atoms with Crippen LogP contribution in [0.25, 0.3) is 0 Å². The molecule has 0 aliphatic rings. The summed E-state index contributed by atoms with van der Waals surface area (Å²) in [5.41, 5.74) is 0.318. The summed E-state index contributed by atoms with van der Waals surface area (Å²) < 4.78 is 36.9.